The van der Waals surface area contributed by atoms with Crippen molar-refractivity contribution in [3.63, 3.8) is 0 Å². The van der Waals surface area contributed by atoms with Crippen molar-refractivity contribution in [2.24, 2.45) is 5.41 Å². The molecule has 1 atom stereocenters. The van der Waals surface area contributed by atoms with Crippen LogP contribution in [0.25, 0.3) is 0 Å². The minimum absolute atomic E-state index is 0.0502. The second-order valence-electron chi connectivity index (χ2n) is 4.91. The molecule has 1 unspecified atom stereocenters. The topological polar surface area (TPSA) is 35.5 Å². The number of hydrogen-bond donors (Lipinski definition) is 0. The molecule has 0 aliphatic carbocycles. The van der Waals surface area contributed by atoms with Gasteiger partial charge in [-0.15, -0.1) is 0 Å². The quantitative estimate of drug-likeness (QED) is 0.780. The van der Waals surface area contributed by atoms with Crippen LogP contribution in [0.15, 0.2) is 30.3 Å². The van der Waals surface area contributed by atoms with Gasteiger partial charge in [0, 0.05) is 5.41 Å². The molecule has 108 valence electrons. The van der Waals surface area contributed by atoms with Crippen molar-refractivity contribution < 1.29 is 14.3 Å². The van der Waals surface area contributed by atoms with Crippen molar-refractivity contribution in [1.29, 1.82) is 0 Å². The Hall–Kier alpha value is -1.33. The number of Topliss-reactive ketones (excluding diaryl/α,β-unsaturated/α-hetero) is 1. The summed E-state index contributed by atoms with van der Waals surface area (Å²) in [5.41, 5.74) is 0.159. The summed E-state index contributed by atoms with van der Waals surface area (Å²) in [5.74, 6) is -0.804. The summed E-state index contributed by atoms with van der Waals surface area (Å²) in [6.07, 6.45) is 0. The van der Waals surface area contributed by atoms with E-state index in [4.69, 9.17) is 33.9 Å². The van der Waals surface area contributed by atoms with Gasteiger partial charge in [0.2, 0.25) is 10.8 Å². The Morgan fingerprint density at radius 3 is 2.10 bits per heavy atom. The van der Waals surface area contributed by atoms with Crippen molar-refractivity contribution in [3.8, 4) is 0 Å². The summed E-state index contributed by atoms with van der Waals surface area (Å²) in [5, 5.41) is 0.310. The lowest BCUT2D eigenvalue weighted by atomic mass is 9.73. The number of hydrogen-bond acceptors (Lipinski definition) is 5. The maximum absolute atomic E-state index is 12.6. The van der Waals surface area contributed by atoms with Crippen LogP contribution < -0.4 is 0 Å². The fourth-order valence-corrected chi connectivity index (χ4v) is 2.38. The molecule has 20 heavy (non-hydrogen) atoms. The van der Waals surface area contributed by atoms with E-state index in [-0.39, 0.29) is 10.8 Å². The molecule has 0 saturated heterocycles. The molecule has 0 radical (unpaired) electrons. The SMILES string of the molecule is COC(=S)C(=O)C(c1ccccc1)C(C)(C)C(=S)OC. The van der Waals surface area contributed by atoms with E-state index in [1.165, 1.54) is 14.2 Å². The van der Waals surface area contributed by atoms with Gasteiger partial charge in [-0.1, -0.05) is 44.2 Å². The van der Waals surface area contributed by atoms with Gasteiger partial charge in [0.15, 0.2) is 5.05 Å². The second-order valence-corrected chi connectivity index (χ2v) is 5.65. The lowest BCUT2D eigenvalue weighted by Crippen LogP contribution is -2.38. The van der Waals surface area contributed by atoms with Crippen LogP contribution in [0.3, 0.4) is 0 Å². The van der Waals surface area contributed by atoms with E-state index >= 15 is 0 Å². The molecule has 0 fully saturated rings. The minimum atomic E-state index is -0.675. The molecule has 5 heteroatoms. The highest BCUT2D eigenvalue weighted by molar-refractivity contribution is 7.81. The molecule has 0 bridgehead atoms. The first-order valence-corrected chi connectivity index (χ1v) is 6.93. The highest BCUT2D eigenvalue weighted by Gasteiger charge is 2.42. The fourth-order valence-electron chi connectivity index (χ4n) is 2.14. The molecule has 0 heterocycles. The van der Waals surface area contributed by atoms with Crippen LogP contribution in [0.5, 0.6) is 0 Å². The van der Waals surface area contributed by atoms with E-state index in [0.717, 1.165) is 5.56 Å². The van der Waals surface area contributed by atoms with Gasteiger partial charge in [-0.25, -0.2) is 0 Å². The zero-order chi connectivity index (χ0) is 15.3. The number of benzene rings is 1. The van der Waals surface area contributed by atoms with Gasteiger partial charge in [-0.05, 0) is 30.0 Å². The van der Waals surface area contributed by atoms with Crippen molar-refractivity contribution in [1.82, 2.24) is 0 Å². The number of methoxy groups -OCH3 is 2. The Morgan fingerprint density at radius 2 is 1.65 bits per heavy atom. The third kappa shape index (κ3) is 3.41. The predicted octanol–water partition coefficient (Wildman–Crippen LogP) is 3.31. The second kappa shape index (κ2) is 6.90. The molecule has 1 rings (SSSR count). The highest BCUT2D eigenvalue weighted by atomic mass is 32.1. The van der Waals surface area contributed by atoms with Crippen LogP contribution in [0.4, 0.5) is 0 Å². The van der Waals surface area contributed by atoms with Crippen molar-refractivity contribution in [2.75, 3.05) is 14.2 Å². The van der Waals surface area contributed by atoms with Gasteiger partial charge in [-0.3, -0.25) is 4.79 Å². The van der Waals surface area contributed by atoms with E-state index in [1.54, 1.807) is 0 Å². The molecule has 0 spiro atoms. The van der Waals surface area contributed by atoms with Crippen LogP contribution in [-0.2, 0) is 14.3 Å². The van der Waals surface area contributed by atoms with Crippen molar-refractivity contribution in [3.05, 3.63) is 35.9 Å². The number of ether oxygens (including phenoxy) is 2. The Labute approximate surface area is 130 Å². The molecule has 1 aromatic carbocycles. The van der Waals surface area contributed by atoms with Gasteiger partial charge in [0.05, 0.1) is 20.1 Å². The first-order chi connectivity index (χ1) is 9.36. The lowest BCUT2D eigenvalue weighted by molar-refractivity contribution is -0.116. The van der Waals surface area contributed by atoms with Crippen molar-refractivity contribution >= 4 is 40.3 Å². The molecule has 0 saturated carbocycles. The van der Waals surface area contributed by atoms with Gasteiger partial charge in [0.1, 0.15) is 0 Å². The molecule has 0 aliphatic rings. The first-order valence-electron chi connectivity index (χ1n) is 6.11. The van der Waals surface area contributed by atoms with Crippen molar-refractivity contribution in [2.45, 2.75) is 19.8 Å². The average molecular weight is 310 g/mol. The van der Waals surface area contributed by atoms with E-state index in [0.29, 0.717) is 5.05 Å². The summed E-state index contributed by atoms with van der Waals surface area (Å²) >= 11 is 10.2. The number of thiocarbonyl (C=S) groups is 2. The van der Waals surface area contributed by atoms with Gasteiger partial charge >= 0.3 is 0 Å². The molecular formula is C15H18O3S2. The Kier molecular flexibility index (Phi) is 5.77. The van der Waals surface area contributed by atoms with Gasteiger partial charge in [0.25, 0.3) is 0 Å². The van der Waals surface area contributed by atoms with E-state index in [2.05, 4.69) is 0 Å². The number of carbonyl (C=O) groups excluding carboxylic acids is 1. The minimum Gasteiger partial charge on any atom is -0.490 e. The number of carbonyl (C=O) groups is 1. The highest BCUT2D eigenvalue weighted by Crippen LogP contribution is 2.38. The summed E-state index contributed by atoms with van der Waals surface area (Å²) in [6.45, 7) is 3.74. The monoisotopic (exact) mass is 310 g/mol. The van der Waals surface area contributed by atoms with Crippen LogP contribution in [0.1, 0.15) is 25.3 Å². The van der Waals surface area contributed by atoms with Crippen LogP contribution in [0.2, 0.25) is 0 Å². The van der Waals surface area contributed by atoms with Crippen LogP contribution in [0, 0.1) is 5.41 Å². The summed E-state index contributed by atoms with van der Waals surface area (Å²) < 4.78 is 10.1. The molecule has 0 aliphatic heterocycles. The van der Waals surface area contributed by atoms with Gasteiger partial charge < -0.3 is 9.47 Å². The van der Waals surface area contributed by atoms with Crippen LogP contribution in [-0.4, -0.2) is 30.1 Å². The summed E-state index contributed by atoms with van der Waals surface area (Å²) in [4.78, 5) is 12.6. The summed E-state index contributed by atoms with van der Waals surface area (Å²) in [6, 6.07) is 9.39. The molecule has 0 aromatic heterocycles. The van der Waals surface area contributed by atoms with Crippen LogP contribution >= 0.6 is 24.4 Å². The summed E-state index contributed by atoms with van der Waals surface area (Å²) in [7, 11) is 2.90. The largest absolute Gasteiger partial charge is 0.490 e. The average Bonchev–Trinajstić information content (AvgIpc) is 2.46. The van der Waals surface area contributed by atoms with Gasteiger partial charge in [-0.2, -0.15) is 0 Å². The standard InChI is InChI=1S/C15H18O3S2/c1-15(2,14(20)18-4)11(12(16)13(19)17-3)10-8-6-5-7-9-10/h5-9,11H,1-4H3. The predicted molar refractivity (Wildman–Crippen MR) is 87.2 cm³/mol. The third-order valence-corrected chi connectivity index (χ3v) is 4.28. The zero-order valence-corrected chi connectivity index (χ0v) is 13.6. The molecular weight excluding hydrogens is 292 g/mol. The fraction of sp³-hybridized carbons (Fsp3) is 0.400. The molecule has 1 aromatic rings. The first kappa shape index (κ1) is 16.7. The third-order valence-electron chi connectivity index (χ3n) is 3.21. The maximum Gasteiger partial charge on any atom is 0.228 e. The molecule has 0 amide bonds. The Balaban J connectivity index is 3.32. The van der Waals surface area contributed by atoms with E-state index in [1.807, 2.05) is 44.2 Å². The lowest BCUT2D eigenvalue weighted by Gasteiger charge is -2.33. The molecule has 3 nitrogen and oxygen atoms in total. The maximum atomic E-state index is 12.6. The smallest absolute Gasteiger partial charge is 0.228 e. The Morgan fingerprint density at radius 1 is 1.10 bits per heavy atom. The zero-order valence-electron chi connectivity index (χ0n) is 12.0. The van der Waals surface area contributed by atoms with E-state index < -0.39 is 11.3 Å². The number of ketones is 1. The normalized spacial score (nSPS) is 12.4. The molecule has 0 N–H and O–H groups in total. The Bertz CT molecular complexity index is 509. The van der Waals surface area contributed by atoms with E-state index in [9.17, 15) is 4.79 Å². The number of rotatable bonds is 5.